The lowest BCUT2D eigenvalue weighted by Gasteiger charge is -2.08. The lowest BCUT2D eigenvalue weighted by atomic mass is 10.2. The minimum atomic E-state index is -0.541. The summed E-state index contributed by atoms with van der Waals surface area (Å²) in [5.41, 5.74) is 0.107. The summed E-state index contributed by atoms with van der Waals surface area (Å²) >= 11 is 5.93. The molecule has 1 rings (SSSR count). The van der Waals surface area contributed by atoms with Gasteiger partial charge >= 0.3 is 5.97 Å². The Morgan fingerprint density at radius 2 is 2.05 bits per heavy atom. The summed E-state index contributed by atoms with van der Waals surface area (Å²) in [7, 11) is 1.61. The summed E-state index contributed by atoms with van der Waals surface area (Å²) < 4.78 is 15.2. The van der Waals surface area contributed by atoms with E-state index >= 15 is 0 Å². The van der Waals surface area contributed by atoms with Gasteiger partial charge in [0.15, 0.2) is 5.69 Å². The number of carbonyl (C=O) groups is 1. The number of nitrogens with zero attached hydrogens (tertiary/aromatic N) is 2. The highest BCUT2D eigenvalue weighted by Gasteiger charge is 2.16. The van der Waals surface area contributed by atoms with Crippen LogP contribution >= 0.6 is 11.6 Å². The van der Waals surface area contributed by atoms with E-state index in [2.05, 4.69) is 9.97 Å². The molecule has 0 atom stereocenters. The Bertz CT molecular complexity index is 455. The first-order chi connectivity index (χ1) is 10.1. The maximum atomic E-state index is 11.9. The molecule has 0 amide bonds. The number of ether oxygens (including phenoxy) is 3. The molecule has 7 heteroatoms. The normalized spacial score (nSPS) is 10.9. The first kappa shape index (κ1) is 17.8. The van der Waals surface area contributed by atoms with Crippen molar-refractivity contribution >= 4 is 17.6 Å². The van der Waals surface area contributed by atoms with E-state index in [0.717, 1.165) is 0 Å². The predicted octanol–water partition coefficient (Wildman–Crippen LogP) is 2.46. The maximum absolute atomic E-state index is 11.9. The lowest BCUT2D eigenvalue weighted by Crippen LogP contribution is -2.13. The van der Waals surface area contributed by atoms with Crippen molar-refractivity contribution in [3.05, 3.63) is 22.7 Å². The van der Waals surface area contributed by atoms with E-state index in [9.17, 15) is 4.79 Å². The van der Waals surface area contributed by atoms with Gasteiger partial charge in [0.25, 0.3) is 0 Å². The average molecular weight is 317 g/mol. The van der Waals surface area contributed by atoms with Gasteiger partial charge in [0.2, 0.25) is 0 Å². The summed E-state index contributed by atoms with van der Waals surface area (Å²) in [5.74, 6) is 0.137. The summed E-state index contributed by atoms with van der Waals surface area (Å²) in [6.45, 7) is 5.72. The molecule has 118 valence electrons. The number of aromatic nitrogens is 2. The van der Waals surface area contributed by atoms with Gasteiger partial charge in [0.1, 0.15) is 5.82 Å². The van der Waals surface area contributed by atoms with Crippen molar-refractivity contribution in [2.45, 2.75) is 26.2 Å². The van der Waals surface area contributed by atoms with Crippen LogP contribution in [0.1, 0.15) is 42.5 Å². The Kier molecular flexibility index (Phi) is 8.19. The number of hydrogen-bond donors (Lipinski definition) is 0. The molecule has 1 aromatic rings. The molecule has 0 bridgehead atoms. The Morgan fingerprint density at radius 3 is 2.71 bits per heavy atom. The van der Waals surface area contributed by atoms with Crippen molar-refractivity contribution in [3.63, 3.8) is 0 Å². The predicted molar refractivity (Wildman–Crippen MR) is 78.7 cm³/mol. The molecule has 0 spiro atoms. The molecular formula is C14H21ClN2O4. The third kappa shape index (κ3) is 6.37. The highest BCUT2D eigenvalue weighted by molar-refractivity contribution is 6.33. The van der Waals surface area contributed by atoms with Gasteiger partial charge in [-0.15, -0.1) is 0 Å². The third-order valence-electron chi connectivity index (χ3n) is 2.57. The molecule has 0 fully saturated rings. The minimum Gasteiger partial charge on any atom is -0.461 e. The van der Waals surface area contributed by atoms with Crippen LogP contribution < -0.4 is 0 Å². The number of rotatable bonds is 9. The molecule has 0 aliphatic heterocycles. The van der Waals surface area contributed by atoms with Crippen LogP contribution in [0.2, 0.25) is 5.02 Å². The van der Waals surface area contributed by atoms with E-state index in [-0.39, 0.29) is 23.2 Å². The van der Waals surface area contributed by atoms with Crippen molar-refractivity contribution in [2.75, 3.05) is 33.5 Å². The topological polar surface area (TPSA) is 70.5 Å². The Morgan fingerprint density at radius 1 is 1.29 bits per heavy atom. The van der Waals surface area contributed by atoms with Crippen LogP contribution in [0.5, 0.6) is 0 Å². The number of esters is 1. The molecule has 0 saturated carbocycles. The molecule has 0 aliphatic carbocycles. The van der Waals surface area contributed by atoms with Crippen LogP contribution in [0.15, 0.2) is 6.20 Å². The molecule has 0 aliphatic rings. The smallest absolute Gasteiger partial charge is 0.358 e. The molecular weight excluding hydrogens is 296 g/mol. The van der Waals surface area contributed by atoms with Crippen LogP contribution in [0.25, 0.3) is 0 Å². The zero-order valence-electron chi connectivity index (χ0n) is 12.6. The molecule has 21 heavy (non-hydrogen) atoms. The average Bonchev–Trinajstić information content (AvgIpc) is 2.46. The van der Waals surface area contributed by atoms with Crippen LogP contribution in [0.4, 0.5) is 0 Å². The fourth-order valence-electron chi connectivity index (χ4n) is 1.44. The summed E-state index contributed by atoms with van der Waals surface area (Å²) in [5, 5.41) is 0.195. The van der Waals surface area contributed by atoms with Crippen molar-refractivity contribution in [1.82, 2.24) is 9.97 Å². The Labute approximate surface area is 129 Å². The highest BCUT2D eigenvalue weighted by Crippen LogP contribution is 2.17. The van der Waals surface area contributed by atoms with Gasteiger partial charge in [-0.25, -0.2) is 14.8 Å². The van der Waals surface area contributed by atoms with Gasteiger partial charge in [-0.2, -0.15) is 0 Å². The van der Waals surface area contributed by atoms with E-state index in [1.54, 1.807) is 7.11 Å². The maximum Gasteiger partial charge on any atom is 0.358 e. The number of halogens is 1. The zero-order valence-corrected chi connectivity index (χ0v) is 13.4. The molecule has 0 aromatic carbocycles. The second-order valence-corrected chi connectivity index (χ2v) is 5.08. The van der Waals surface area contributed by atoms with E-state index < -0.39 is 5.97 Å². The first-order valence-electron chi connectivity index (χ1n) is 6.82. The molecule has 0 radical (unpaired) electrons. The fourth-order valence-corrected chi connectivity index (χ4v) is 1.61. The molecule has 1 heterocycles. The van der Waals surface area contributed by atoms with Gasteiger partial charge in [-0.05, 0) is 0 Å². The highest BCUT2D eigenvalue weighted by atomic mass is 35.5. The van der Waals surface area contributed by atoms with Crippen molar-refractivity contribution < 1.29 is 19.0 Å². The minimum absolute atomic E-state index is 0.107. The van der Waals surface area contributed by atoms with Crippen molar-refractivity contribution in [2.24, 2.45) is 0 Å². The molecule has 0 N–H and O–H groups in total. The van der Waals surface area contributed by atoms with Crippen molar-refractivity contribution in [1.29, 1.82) is 0 Å². The van der Waals surface area contributed by atoms with E-state index in [0.29, 0.717) is 32.1 Å². The molecule has 6 nitrogen and oxygen atoms in total. The molecule has 0 unspecified atom stereocenters. The van der Waals surface area contributed by atoms with Crippen LogP contribution in [-0.4, -0.2) is 49.5 Å². The van der Waals surface area contributed by atoms with E-state index in [1.807, 2.05) is 13.8 Å². The summed E-state index contributed by atoms with van der Waals surface area (Å²) in [4.78, 5) is 20.1. The van der Waals surface area contributed by atoms with Gasteiger partial charge in [-0.3, -0.25) is 0 Å². The first-order valence-corrected chi connectivity index (χ1v) is 7.20. The Balaban J connectivity index is 2.40. The van der Waals surface area contributed by atoms with Gasteiger partial charge in [0, 0.05) is 26.1 Å². The summed E-state index contributed by atoms with van der Waals surface area (Å²) in [6.07, 6.45) is 2.03. The number of hydrogen-bond acceptors (Lipinski definition) is 6. The van der Waals surface area contributed by atoms with Crippen LogP contribution in [0, 0.1) is 0 Å². The molecule has 0 saturated heterocycles. The quantitative estimate of drug-likeness (QED) is 0.515. The fraction of sp³-hybridized carbons (Fsp3) is 0.643. The molecule has 1 aromatic heterocycles. The summed E-state index contributed by atoms with van der Waals surface area (Å²) in [6, 6.07) is 0. The standard InChI is InChI=1S/C14H21ClN2O4/c1-10(2)13-16-9-11(15)12(17-13)14(18)21-6-4-5-20-8-7-19-3/h9-10H,4-8H2,1-3H3. The van der Waals surface area contributed by atoms with E-state index in [4.69, 9.17) is 25.8 Å². The SMILES string of the molecule is COCCOCCCOC(=O)c1nc(C(C)C)ncc1Cl. The second kappa shape index (κ2) is 9.65. The van der Waals surface area contributed by atoms with Crippen molar-refractivity contribution in [3.8, 4) is 0 Å². The number of carbonyl (C=O) groups excluding carboxylic acids is 1. The lowest BCUT2D eigenvalue weighted by molar-refractivity contribution is 0.0380. The van der Waals surface area contributed by atoms with Crippen LogP contribution in [-0.2, 0) is 14.2 Å². The van der Waals surface area contributed by atoms with Gasteiger partial charge in [-0.1, -0.05) is 25.4 Å². The van der Waals surface area contributed by atoms with Gasteiger partial charge < -0.3 is 14.2 Å². The largest absolute Gasteiger partial charge is 0.461 e. The zero-order chi connectivity index (χ0) is 15.7. The Hall–Kier alpha value is -1.24. The van der Waals surface area contributed by atoms with Crippen LogP contribution in [0.3, 0.4) is 0 Å². The number of methoxy groups -OCH3 is 1. The third-order valence-corrected chi connectivity index (χ3v) is 2.85. The monoisotopic (exact) mass is 316 g/mol. The second-order valence-electron chi connectivity index (χ2n) is 4.67. The van der Waals surface area contributed by atoms with E-state index in [1.165, 1.54) is 6.20 Å². The van der Waals surface area contributed by atoms with Gasteiger partial charge in [0.05, 0.1) is 31.0 Å².